The predicted molar refractivity (Wildman–Crippen MR) is 148 cm³/mol. The average Bonchev–Trinajstić information content (AvgIpc) is 3.59. The maximum atomic E-state index is 13.5. The van der Waals surface area contributed by atoms with Gasteiger partial charge >= 0.3 is 6.18 Å². The molecule has 1 aliphatic heterocycles. The quantitative estimate of drug-likeness (QED) is 0.176. The molecule has 8 nitrogen and oxygen atoms in total. The van der Waals surface area contributed by atoms with Crippen molar-refractivity contribution in [2.45, 2.75) is 37.3 Å². The summed E-state index contributed by atoms with van der Waals surface area (Å²) < 4.78 is 80.6. The van der Waals surface area contributed by atoms with E-state index < -0.39 is 54.9 Å². The summed E-state index contributed by atoms with van der Waals surface area (Å²) in [7, 11) is 1.42. The Morgan fingerprint density at radius 1 is 1.16 bits per heavy atom. The second-order valence-corrected chi connectivity index (χ2v) is 10.7. The number of carbonyl (C=O) groups excluding carboxylic acids is 2. The van der Waals surface area contributed by atoms with Crippen LogP contribution in [0.25, 0.3) is 11.3 Å². The lowest BCUT2D eigenvalue weighted by molar-refractivity contribution is -0.139. The second-order valence-electron chi connectivity index (χ2n) is 10.0. The van der Waals surface area contributed by atoms with Gasteiger partial charge in [0.1, 0.15) is 17.5 Å². The van der Waals surface area contributed by atoms with Gasteiger partial charge in [-0.25, -0.2) is 23.1 Å². The van der Waals surface area contributed by atoms with E-state index in [2.05, 4.69) is 25.6 Å². The number of H-pyrrole nitrogens is 1. The largest absolute Gasteiger partial charge is 0.389 e. The van der Waals surface area contributed by atoms with Crippen LogP contribution in [0.5, 0.6) is 0 Å². The van der Waals surface area contributed by atoms with Gasteiger partial charge in [0.25, 0.3) is 5.91 Å². The van der Waals surface area contributed by atoms with E-state index in [0.717, 1.165) is 12.1 Å². The van der Waals surface area contributed by atoms with Gasteiger partial charge in [-0.3, -0.25) is 9.59 Å². The van der Waals surface area contributed by atoms with Crippen LogP contribution < -0.4 is 10.6 Å². The van der Waals surface area contributed by atoms with Crippen LogP contribution in [0.1, 0.15) is 46.3 Å². The van der Waals surface area contributed by atoms with Crippen molar-refractivity contribution in [2.75, 3.05) is 24.2 Å². The molecule has 0 unspecified atom stereocenters. The van der Waals surface area contributed by atoms with Crippen LogP contribution in [0.15, 0.2) is 53.5 Å². The maximum absolute atomic E-state index is 13.5. The molecular weight excluding hydrogens is 598 g/mol. The Labute approximate surface area is 245 Å². The molecule has 15 heteroatoms. The summed E-state index contributed by atoms with van der Waals surface area (Å²) in [4.78, 5) is 38.9. The molecule has 0 bridgehead atoms. The molecular formula is C28H24F6N6O2S. The average molecular weight is 623 g/mol. The van der Waals surface area contributed by atoms with E-state index in [0.29, 0.717) is 11.4 Å². The molecule has 2 atom stereocenters. The summed E-state index contributed by atoms with van der Waals surface area (Å²) in [6, 6.07) is 7.54. The zero-order chi connectivity index (χ0) is 30.9. The summed E-state index contributed by atoms with van der Waals surface area (Å²) in [6.07, 6.45) is -7.99. The highest BCUT2D eigenvalue weighted by Crippen LogP contribution is 2.44. The van der Waals surface area contributed by atoms with E-state index in [1.807, 2.05) is 0 Å². The first-order valence-corrected chi connectivity index (χ1v) is 13.9. The van der Waals surface area contributed by atoms with E-state index in [-0.39, 0.29) is 40.6 Å². The molecule has 226 valence electrons. The molecule has 2 amide bonds. The first-order valence-electron chi connectivity index (χ1n) is 12.9. The molecule has 0 fully saturated rings. The summed E-state index contributed by atoms with van der Waals surface area (Å²) >= 11 is 1.27. The van der Waals surface area contributed by atoms with Crippen LogP contribution in [-0.4, -0.2) is 57.9 Å². The number of nitrogens with one attached hydrogen (secondary N) is 3. The van der Waals surface area contributed by atoms with Gasteiger partial charge in [0.05, 0.1) is 34.8 Å². The smallest absolute Gasteiger partial charge is 0.356 e. The Morgan fingerprint density at radius 3 is 2.56 bits per heavy atom. The highest BCUT2D eigenvalue weighted by Gasteiger charge is 2.41. The third kappa shape index (κ3) is 6.82. The number of pyridine rings is 1. The summed E-state index contributed by atoms with van der Waals surface area (Å²) in [5, 5.41) is 7.20. The van der Waals surface area contributed by atoms with Crippen LogP contribution >= 0.6 is 11.3 Å². The summed E-state index contributed by atoms with van der Waals surface area (Å²) in [5.74, 6) is -3.97. The zero-order valence-electron chi connectivity index (χ0n) is 22.4. The van der Waals surface area contributed by atoms with Gasteiger partial charge in [0, 0.05) is 48.8 Å². The standard InChI is InChI=1S/C28H24F6N6O2S/c1-40-11-16(10-28(32,33)34)23-22(27(40)42)25(37-21-12-43-13-36-21)24(39-23)15-6-7-35-20(8-15)38-26(41)18(9-19(30)31)14-2-4-17(29)5-3-14/h2-8,12-13,16,18-19,37,39H,9-11H2,1H3,(H,35,38,41)/t16-,18-/m0/s1. The van der Waals surface area contributed by atoms with Gasteiger partial charge < -0.3 is 20.5 Å². The topological polar surface area (TPSA) is 103 Å². The molecule has 3 aromatic heterocycles. The number of hydrogen-bond donors (Lipinski definition) is 3. The molecule has 1 aromatic carbocycles. The molecule has 0 aliphatic carbocycles. The number of hydrogen-bond acceptors (Lipinski definition) is 6. The number of likely N-dealkylation sites (N-methyl/N-ethyl adjacent to an activating group) is 1. The third-order valence-electron chi connectivity index (χ3n) is 6.96. The lowest BCUT2D eigenvalue weighted by atomic mass is 9.92. The molecule has 3 N–H and O–H groups in total. The van der Waals surface area contributed by atoms with Crippen molar-refractivity contribution in [1.82, 2.24) is 19.9 Å². The fourth-order valence-electron chi connectivity index (χ4n) is 5.07. The normalized spacial score (nSPS) is 15.9. The van der Waals surface area contributed by atoms with Crippen molar-refractivity contribution < 1.29 is 35.9 Å². The van der Waals surface area contributed by atoms with Crippen LogP contribution in [0.3, 0.4) is 0 Å². The van der Waals surface area contributed by atoms with Gasteiger partial charge in [0.15, 0.2) is 0 Å². The number of aromatic nitrogens is 3. The maximum Gasteiger partial charge on any atom is 0.389 e. The minimum absolute atomic E-state index is 0.0294. The minimum atomic E-state index is -4.50. The van der Waals surface area contributed by atoms with Crippen molar-refractivity contribution in [1.29, 1.82) is 0 Å². The lowest BCUT2D eigenvalue weighted by Crippen LogP contribution is -2.38. The number of fused-ring (bicyclic) bond motifs is 1. The fourth-order valence-corrected chi connectivity index (χ4v) is 5.55. The van der Waals surface area contributed by atoms with E-state index in [1.54, 1.807) is 10.9 Å². The minimum Gasteiger partial charge on any atom is -0.356 e. The Bertz CT molecular complexity index is 1610. The van der Waals surface area contributed by atoms with Crippen molar-refractivity contribution >= 4 is 40.5 Å². The van der Waals surface area contributed by atoms with Crippen molar-refractivity contribution in [2.24, 2.45) is 0 Å². The van der Waals surface area contributed by atoms with E-state index in [4.69, 9.17) is 0 Å². The zero-order valence-corrected chi connectivity index (χ0v) is 23.2. The Kier molecular flexibility index (Phi) is 8.44. The highest BCUT2D eigenvalue weighted by molar-refractivity contribution is 7.07. The molecule has 0 radical (unpaired) electrons. The number of thiazole rings is 1. The summed E-state index contributed by atoms with van der Waals surface area (Å²) in [5.41, 5.74) is 2.62. The highest BCUT2D eigenvalue weighted by atomic mass is 32.1. The molecule has 4 heterocycles. The molecule has 0 spiro atoms. The number of halogens is 6. The molecule has 1 aliphatic rings. The van der Waals surface area contributed by atoms with E-state index in [9.17, 15) is 35.9 Å². The number of rotatable bonds is 9. The van der Waals surface area contributed by atoms with Crippen LogP contribution in [0.2, 0.25) is 0 Å². The number of anilines is 3. The van der Waals surface area contributed by atoms with Crippen LogP contribution in [0, 0.1) is 5.82 Å². The molecule has 0 saturated carbocycles. The van der Waals surface area contributed by atoms with E-state index >= 15 is 0 Å². The van der Waals surface area contributed by atoms with Crippen LogP contribution in [-0.2, 0) is 4.79 Å². The van der Waals surface area contributed by atoms with Gasteiger partial charge in [-0.1, -0.05) is 12.1 Å². The van der Waals surface area contributed by atoms with Crippen molar-refractivity contribution in [3.8, 4) is 11.3 Å². The van der Waals surface area contributed by atoms with Gasteiger partial charge in [0.2, 0.25) is 12.3 Å². The predicted octanol–water partition coefficient (Wildman–Crippen LogP) is 6.92. The molecule has 5 rings (SSSR count). The second kappa shape index (κ2) is 12.1. The number of nitrogens with zero attached hydrogens (tertiary/aromatic N) is 3. The van der Waals surface area contributed by atoms with Gasteiger partial charge in [-0.15, -0.1) is 11.3 Å². The van der Waals surface area contributed by atoms with E-state index in [1.165, 1.54) is 53.7 Å². The Morgan fingerprint density at radius 2 is 1.91 bits per heavy atom. The first kappa shape index (κ1) is 30.1. The lowest BCUT2D eigenvalue weighted by Gasteiger charge is -2.30. The Balaban J connectivity index is 1.53. The van der Waals surface area contributed by atoms with Crippen molar-refractivity contribution in [3.05, 3.63) is 76.1 Å². The fraction of sp³-hybridized carbons (Fsp3) is 0.286. The number of amides is 2. The molecule has 4 aromatic rings. The summed E-state index contributed by atoms with van der Waals surface area (Å²) in [6.45, 7) is -0.159. The van der Waals surface area contributed by atoms with Crippen LogP contribution in [0.4, 0.5) is 43.7 Å². The number of carbonyl (C=O) groups is 2. The molecule has 43 heavy (non-hydrogen) atoms. The number of aromatic amines is 1. The van der Waals surface area contributed by atoms with Gasteiger partial charge in [-0.05, 0) is 29.8 Å². The number of benzene rings is 1. The van der Waals surface area contributed by atoms with Gasteiger partial charge in [-0.2, -0.15) is 13.2 Å². The third-order valence-corrected chi connectivity index (χ3v) is 7.54. The Hall–Kier alpha value is -4.40. The first-order chi connectivity index (χ1) is 20.4. The van der Waals surface area contributed by atoms with Crippen molar-refractivity contribution in [3.63, 3.8) is 0 Å². The molecule has 0 saturated heterocycles. The monoisotopic (exact) mass is 622 g/mol. The number of alkyl halides is 5. The SMILES string of the molecule is CN1C[C@H](CC(F)(F)F)c2[nH]c(-c3ccnc(NC(=O)[C@@H](CC(F)F)c4ccc(F)cc4)c3)c(Nc3cscn3)c2C1=O.